The van der Waals surface area contributed by atoms with Gasteiger partial charge in [-0.1, -0.05) is 24.3 Å². The summed E-state index contributed by atoms with van der Waals surface area (Å²) < 4.78 is 0.764. The Bertz CT molecular complexity index is 791. The standard InChI is InChI=1S/C19H24N4O3S2/c1-13-5-7-15(8-6-13)23(11-14-4-2-3-9-20-14)19(26)22-18-21-10-17(28-18)27-12-16(24)25/h2-4,9-10,13,15H,5-8,11-12H2,1H3,(H,24,25)(H,21,22,26)/t13-,15-. The smallest absolute Gasteiger partial charge is 0.324 e. The number of thiazole rings is 1. The van der Waals surface area contributed by atoms with Crippen LogP contribution in [-0.4, -0.2) is 43.8 Å². The minimum Gasteiger partial charge on any atom is -0.481 e. The van der Waals surface area contributed by atoms with Crippen molar-refractivity contribution in [1.29, 1.82) is 0 Å². The molecule has 3 rings (SSSR count). The molecule has 150 valence electrons. The molecule has 9 heteroatoms. The summed E-state index contributed by atoms with van der Waals surface area (Å²) >= 11 is 2.49. The predicted octanol–water partition coefficient (Wildman–Crippen LogP) is 4.33. The number of rotatable bonds is 7. The average molecular weight is 421 g/mol. The summed E-state index contributed by atoms with van der Waals surface area (Å²) in [4.78, 5) is 34.2. The molecule has 1 aliphatic carbocycles. The number of hydrogen-bond acceptors (Lipinski definition) is 6. The number of urea groups is 1. The van der Waals surface area contributed by atoms with Crippen LogP contribution < -0.4 is 5.32 Å². The highest BCUT2D eigenvalue weighted by Crippen LogP contribution is 2.30. The average Bonchev–Trinajstić information content (AvgIpc) is 3.13. The zero-order valence-corrected chi connectivity index (χ0v) is 17.3. The van der Waals surface area contributed by atoms with Crippen molar-refractivity contribution in [2.45, 2.75) is 49.4 Å². The molecule has 1 fully saturated rings. The summed E-state index contributed by atoms with van der Waals surface area (Å²) in [5.41, 5.74) is 0.855. The number of aromatic nitrogens is 2. The second-order valence-corrected chi connectivity index (χ2v) is 9.27. The molecular formula is C19H24N4O3S2. The summed E-state index contributed by atoms with van der Waals surface area (Å²) in [7, 11) is 0. The Morgan fingerprint density at radius 2 is 2.07 bits per heavy atom. The molecule has 0 atom stereocenters. The number of carboxylic acid groups (broad SMARTS) is 1. The second kappa shape index (κ2) is 9.88. The minimum atomic E-state index is -0.878. The fraction of sp³-hybridized carbons (Fsp3) is 0.474. The highest BCUT2D eigenvalue weighted by atomic mass is 32.2. The summed E-state index contributed by atoms with van der Waals surface area (Å²) in [6.07, 6.45) is 7.53. The number of nitrogens with one attached hydrogen (secondary N) is 1. The van der Waals surface area contributed by atoms with Gasteiger partial charge < -0.3 is 10.0 Å². The van der Waals surface area contributed by atoms with Crippen molar-refractivity contribution >= 4 is 40.2 Å². The third kappa shape index (κ3) is 5.93. The fourth-order valence-electron chi connectivity index (χ4n) is 3.27. The normalized spacial score (nSPS) is 19.2. The third-order valence-corrected chi connectivity index (χ3v) is 6.87. The molecule has 0 spiro atoms. The van der Waals surface area contributed by atoms with Gasteiger partial charge in [-0.2, -0.15) is 0 Å². The molecule has 0 bridgehead atoms. The van der Waals surface area contributed by atoms with E-state index in [0.29, 0.717) is 17.6 Å². The molecule has 1 saturated carbocycles. The number of carboxylic acids is 1. The van der Waals surface area contributed by atoms with Crippen LogP contribution >= 0.6 is 23.1 Å². The van der Waals surface area contributed by atoms with E-state index in [0.717, 1.165) is 35.6 Å². The van der Waals surface area contributed by atoms with E-state index in [1.807, 2.05) is 23.1 Å². The summed E-state index contributed by atoms with van der Waals surface area (Å²) in [6.45, 7) is 2.71. The van der Waals surface area contributed by atoms with Crippen LogP contribution in [0.15, 0.2) is 34.8 Å². The number of thioether (sulfide) groups is 1. The van der Waals surface area contributed by atoms with Gasteiger partial charge in [-0.15, -0.1) is 11.8 Å². The number of amides is 2. The SMILES string of the molecule is C[C@H]1CC[C@H](N(Cc2ccccn2)C(=O)Nc2ncc(SCC(=O)O)s2)CC1. The third-order valence-electron chi connectivity index (χ3n) is 4.78. The maximum Gasteiger partial charge on any atom is 0.324 e. The maximum absolute atomic E-state index is 13.0. The lowest BCUT2D eigenvalue weighted by atomic mass is 9.86. The molecule has 2 amide bonds. The van der Waals surface area contributed by atoms with Gasteiger partial charge in [-0.3, -0.25) is 15.1 Å². The van der Waals surface area contributed by atoms with Crippen molar-refractivity contribution in [3.05, 3.63) is 36.3 Å². The number of hydrogen-bond donors (Lipinski definition) is 2. The highest BCUT2D eigenvalue weighted by Gasteiger charge is 2.28. The Balaban J connectivity index is 1.68. The molecule has 1 aliphatic rings. The zero-order valence-electron chi connectivity index (χ0n) is 15.7. The van der Waals surface area contributed by atoms with Gasteiger partial charge >= 0.3 is 12.0 Å². The first-order valence-electron chi connectivity index (χ1n) is 9.29. The van der Waals surface area contributed by atoms with Crippen LogP contribution in [0.3, 0.4) is 0 Å². The van der Waals surface area contributed by atoms with Crippen LogP contribution in [0.25, 0.3) is 0 Å². The zero-order chi connectivity index (χ0) is 19.9. The Labute approximate surface area is 172 Å². The maximum atomic E-state index is 13.0. The second-order valence-electron chi connectivity index (χ2n) is 6.96. The van der Waals surface area contributed by atoms with Crippen molar-refractivity contribution in [1.82, 2.24) is 14.9 Å². The highest BCUT2D eigenvalue weighted by molar-refractivity contribution is 8.01. The van der Waals surface area contributed by atoms with E-state index < -0.39 is 5.97 Å². The van der Waals surface area contributed by atoms with Crippen LogP contribution in [0.4, 0.5) is 9.93 Å². The van der Waals surface area contributed by atoms with Crippen LogP contribution in [0.1, 0.15) is 38.3 Å². The number of aliphatic carboxylic acids is 1. The van der Waals surface area contributed by atoms with Crippen molar-refractivity contribution in [2.75, 3.05) is 11.1 Å². The summed E-state index contributed by atoms with van der Waals surface area (Å²) in [6, 6.07) is 5.71. The van der Waals surface area contributed by atoms with E-state index in [1.165, 1.54) is 23.1 Å². The van der Waals surface area contributed by atoms with Gasteiger partial charge in [-0.25, -0.2) is 9.78 Å². The largest absolute Gasteiger partial charge is 0.481 e. The first kappa shape index (κ1) is 20.6. The van der Waals surface area contributed by atoms with Crippen molar-refractivity contribution in [2.24, 2.45) is 5.92 Å². The number of carbonyl (C=O) groups is 2. The number of anilines is 1. The molecule has 0 saturated heterocycles. The van der Waals surface area contributed by atoms with Gasteiger partial charge in [0.2, 0.25) is 0 Å². The first-order chi connectivity index (χ1) is 13.5. The molecule has 0 unspecified atom stereocenters. The van der Waals surface area contributed by atoms with Gasteiger partial charge in [0.1, 0.15) is 0 Å². The first-order valence-corrected chi connectivity index (χ1v) is 11.1. The fourth-order valence-corrected chi connectivity index (χ4v) is 4.85. The van der Waals surface area contributed by atoms with Crippen LogP contribution in [0, 0.1) is 5.92 Å². The van der Waals surface area contributed by atoms with Gasteiger partial charge in [-0.05, 0) is 43.7 Å². The van der Waals surface area contributed by atoms with Crippen LogP contribution in [-0.2, 0) is 11.3 Å². The Morgan fingerprint density at radius 1 is 1.29 bits per heavy atom. The van der Waals surface area contributed by atoms with Gasteiger partial charge in [0, 0.05) is 12.2 Å². The Morgan fingerprint density at radius 3 is 2.75 bits per heavy atom. The quantitative estimate of drug-likeness (QED) is 0.648. The van der Waals surface area contributed by atoms with E-state index in [9.17, 15) is 9.59 Å². The monoisotopic (exact) mass is 420 g/mol. The number of pyridine rings is 1. The van der Waals surface area contributed by atoms with Crippen molar-refractivity contribution in [3.8, 4) is 0 Å². The molecule has 0 aromatic carbocycles. The molecule has 2 heterocycles. The lowest BCUT2D eigenvalue weighted by Crippen LogP contribution is -2.44. The lowest BCUT2D eigenvalue weighted by Gasteiger charge is -2.35. The Kier molecular flexibility index (Phi) is 7.27. The molecular weight excluding hydrogens is 396 g/mol. The molecule has 2 aromatic rings. The van der Waals surface area contributed by atoms with E-state index in [-0.39, 0.29) is 17.8 Å². The molecule has 2 N–H and O–H groups in total. The number of carbonyl (C=O) groups excluding carboxylic acids is 1. The topological polar surface area (TPSA) is 95.4 Å². The predicted molar refractivity (Wildman–Crippen MR) is 111 cm³/mol. The summed E-state index contributed by atoms with van der Waals surface area (Å²) in [5.74, 6) is -0.206. The number of nitrogens with zero attached hydrogens (tertiary/aromatic N) is 3. The van der Waals surface area contributed by atoms with E-state index in [2.05, 4.69) is 22.2 Å². The van der Waals surface area contributed by atoms with Crippen LogP contribution in [0.5, 0.6) is 0 Å². The minimum absolute atomic E-state index is 0.0262. The van der Waals surface area contributed by atoms with Crippen LogP contribution in [0.2, 0.25) is 0 Å². The molecule has 0 aliphatic heterocycles. The lowest BCUT2D eigenvalue weighted by molar-refractivity contribution is -0.133. The molecule has 0 radical (unpaired) electrons. The Hall–Kier alpha value is -2.13. The van der Waals surface area contributed by atoms with Gasteiger partial charge in [0.25, 0.3) is 0 Å². The van der Waals surface area contributed by atoms with E-state index in [1.54, 1.807) is 12.4 Å². The van der Waals surface area contributed by atoms with E-state index in [4.69, 9.17) is 5.11 Å². The summed E-state index contributed by atoms with van der Waals surface area (Å²) in [5, 5.41) is 12.1. The van der Waals surface area contributed by atoms with Gasteiger partial charge in [0.15, 0.2) is 5.13 Å². The van der Waals surface area contributed by atoms with Crippen molar-refractivity contribution < 1.29 is 14.7 Å². The van der Waals surface area contributed by atoms with Gasteiger partial charge in [0.05, 0.1) is 28.4 Å². The van der Waals surface area contributed by atoms with E-state index >= 15 is 0 Å². The molecule has 2 aromatic heterocycles. The molecule has 28 heavy (non-hydrogen) atoms. The van der Waals surface area contributed by atoms with Crippen molar-refractivity contribution in [3.63, 3.8) is 0 Å². The molecule has 7 nitrogen and oxygen atoms in total.